The SMILES string of the molecule is c1ccc2cc(-c3nccc4occc34)ccc2c1. The predicted octanol–water partition coefficient (Wildman–Crippen LogP) is 4.65. The van der Waals surface area contributed by atoms with Gasteiger partial charge in [0.1, 0.15) is 5.58 Å². The quantitative estimate of drug-likeness (QED) is 0.488. The second-order valence-electron chi connectivity index (χ2n) is 4.55. The van der Waals surface area contributed by atoms with Gasteiger partial charge in [0.15, 0.2) is 0 Å². The molecule has 0 aliphatic heterocycles. The molecule has 2 heterocycles. The lowest BCUT2D eigenvalue weighted by molar-refractivity contribution is 0.615. The number of aromatic nitrogens is 1. The summed E-state index contributed by atoms with van der Waals surface area (Å²) in [7, 11) is 0. The summed E-state index contributed by atoms with van der Waals surface area (Å²) in [4.78, 5) is 4.50. The van der Waals surface area contributed by atoms with Crippen molar-refractivity contribution in [2.45, 2.75) is 0 Å². The number of furan rings is 1. The lowest BCUT2D eigenvalue weighted by atomic mass is 10.0. The van der Waals surface area contributed by atoms with Gasteiger partial charge < -0.3 is 4.42 Å². The van der Waals surface area contributed by atoms with Crippen molar-refractivity contribution in [3.63, 3.8) is 0 Å². The molecule has 0 N–H and O–H groups in total. The van der Waals surface area contributed by atoms with Gasteiger partial charge in [-0.1, -0.05) is 36.4 Å². The maximum absolute atomic E-state index is 5.43. The molecule has 0 amide bonds. The monoisotopic (exact) mass is 245 g/mol. The summed E-state index contributed by atoms with van der Waals surface area (Å²) in [6, 6.07) is 18.6. The third-order valence-electron chi connectivity index (χ3n) is 3.40. The highest BCUT2D eigenvalue weighted by molar-refractivity contribution is 5.95. The van der Waals surface area contributed by atoms with Crippen molar-refractivity contribution in [2.75, 3.05) is 0 Å². The molecule has 0 saturated heterocycles. The molecule has 0 aliphatic rings. The van der Waals surface area contributed by atoms with Gasteiger partial charge in [-0.2, -0.15) is 0 Å². The number of pyridine rings is 1. The van der Waals surface area contributed by atoms with Gasteiger partial charge >= 0.3 is 0 Å². The molecule has 0 radical (unpaired) electrons. The first-order chi connectivity index (χ1) is 9.42. The van der Waals surface area contributed by atoms with E-state index >= 15 is 0 Å². The Balaban J connectivity index is 2.01. The van der Waals surface area contributed by atoms with Crippen LogP contribution in [0.5, 0.6) is 0 Å². The minimum atomic E-state index is 0.873. The smallest absolute Gasteiger partial charge is 0.137 e. The fourth-order valence-corrected chi connectivity index (χ4v) is 2.46. The zero-order chi connectivity index (χ0) is 12.7. The molecule has 90 valence electrons. The second-order valence-corrected chi connectivity index (χ2v) is 4.55. The largest absolute Gasteiger partial charge is 0.464 e. The lowest BCUT2D eigenvalue weighted by Gasteiger charge is -2.04. The fraction of sp³-hybridized carbons (Fsp3) is 0. The summed E-state index contributed by atoms with van der Waals surface area (Å²) in [6.07, 6.45) is 3.49. The average molecular weight is 245 g/mol. The third kappa shape index (κ3) is 1.61. The van der Waals surface area contributed by atoms with E-state index in [1.165, 1.54) is 10.8 Å². The molecular weight excluding hydrogens is 234 g/mol. The van der Waals surface area contributed by atoms with Crippen molar-refractivity contribution >= 4 is 21.7 Å². The van der Waals surface area contributed by atoms with E-state index in [1.54, 1.807) is 12.5 Å². The first-order valence-corrected chi connectivity index (χ1v) is 6.23. The van der Waals surface area contributed by atoms with Crippen molar-refractivity contribution in [3.05, 3.63) is 67.1 Å². The van der Waals surface area contributed by atoms with Crippen LogP contribution in [-0.4, -0.2) is 4.98 Å². The number of hydrogen-bond acceptors (Lipinski definition) is 2. The van der Waals surface area contributed by atoms with E-state index < -0.39 is 0 Å². The summed E-state index contributed by atoms with van der Waals surface area (Å²) in [6.45, 7) is 0. The number of rotatable bonds is 1. The van der Waals surface area contributed by atoms with Crippen LogP contribution in [0, 0.1) is 0 Å². The Morgan fingerprint density at radius 1 is 0.842 bits per heavy atom. The summed E-state index contributed by atoms with van der Waals surface area (Å²) in [5, 5.41) is 3.52. The molecular formula is C17H11NO. The van der Waals surface area contributed by atoms with Crippen LogP contribution in [0.2, 0.25) is 0 Å². The van der Waals surface area contributed by atoms with Crippen molar-refractivity contribution in [1.29, 1.82) is 0 Å². The van der Waals surface area contributed by atoms with E-state index in [-0.39, 0.29) is 0 Å². The molecule has 2 aromatic carbocycles. The Labute approximate surface area is 110 Å². The summed E-state index contributed by atoms with van der Waals surface area (Å²) >= 11 is 0. The van der Waals surface area contributed by atoms with E-state index in [0.29, 0.717) is 0 Å². The van der Waals surface area contributed by atoms with Gasteiger partial charge in [-0.25, -0.2) is 0 Å². The molecule has 4 rings (SSSR count). The van der Waals surface area contributed by atoms with Crippen molar-refractivity contribution in [3.8, 4) is 11.3 Å². The van der Waals surface area contributed by atoms with Crippen molar-refractivity contribution in [1.82, 2.24) is 4.98 Å². The van der Waals surface area contributed by atoms with Gasteiger partial charge in [0, 0.05) is 17.1 Å². The second kappa shape index (κ2) is 3.95. The Kier molecular flexibility index (Phi) is 2.15. The highest BCUT2D eigenvalue weighted by Gasteiger charge is 2.07. The molecule has 0 aliphatic carbocycles. The van der Waals surface area contributed by atoms with Gasteiger partial charge in [0.25, 0.3) is 0 Å². The molecule has 0 bridgehead atoms. The van der Waals surface area contributed by atoms with E-state index in [4.69, 9.17) is 4.42 Å². The normalized spacial score (nSPS) is 11.2. The number of hydrogen-bond donors (Lipinski definition) is 0. The van der Waals surface area contributed by atoms with E-state index in [0.717, 1.165) is 22.2 Å². The average Bonchev–Trinajstić information content (AvgIpc) is 2.95. The van der Waals surface area contributed by atoms with Crippen LogP contribution in [0.15, 0.2) is 71.5 Å². The third-order valence-corrected chi connectivity index (χ3v) is 3.40. The first-order valence-electron chi connectivity index (χ1n) is 6.23. The van der Waals surface area contributed by atoms with Crippen LogP contribution in [0.25, 0.3) is 33.0 Å². The summed E-state index contributed by atoms with van der Waals surface area (Å²) in [5.41, 5.74) is 2.96. The van der Waals surface area contributed by atoms with Crippen LogP contribution >= 0.6 is 0 Å². The molecule has 0 unspecified atom stereocenters. The van der Waals surface area contributed by atoms with Crippen LogP contribution in [0.3, 0.4) is 0 Å². The lowest BCUT2D eigenvalue weighted by Crippen LogP contribution is -1.84. The molecule has 0 fully saturated rings. The van der Waals surface area contributed by atoms with Crippen LogP contribution in [0.1, 0.15) is 0 Å². The number of nitrogens with zero attached hydrogens (tertiary/aromatic N) is 1. The van der Waals surface area contributed by atoms with Crippen LogP contribution in [0.4, 0.5) is 0 Å². The van der Waals surface area contributed by atoms with Crippen molar-refractivity contribution in [2.24, 2.45) is 0 Å². The maximum Gasteiger partial charge on any atom is 0.137 e. The van der Waals surface area contributed by atoms with Gasteiger partial charge in [-0.05, 0) is 29.0 Å². The Bertz CT molecular complexity index is 876. The fourth-order valence-electron chi connectivity index (χ4n) is 2.46. The Morgan fingerprint density at radius 2 is 1.74 bits per heavy atom. The number of benzene rings is 2. The zero-order valence-electron chi connectivity index (χ0n) is 10.2. The highest BCUT2D eigenvalue weighted by atomic mass is 16.3. The van der Waals surface area contributed by atoms with Gasteiger partial charge in [0.2, 0.25) is 0 Å². The van der Waals surface area contributed by atoms with Gasteiger partial charge in [-0.15, -0.1) is 0 Å². The molecule has 2 nitrogen and oxygen atoms in total. The minimum absolute atomic E-state index is 0.873. The van der Waals surface area contributed by atoms with Crippen LogP contribution < -0.4 is 0 Å². The van der Waals surface area contributed by atoms with Crippen LogP contribution in [-0.2, 0) is 0 Å². The topological polar surface area (TPSA) is 26.0 Å². The molecule has 0 saturated carbocycles. The molecule has 2 aromatic heterocycles. The van der Waals surface area contributed by atoms with E-state index in [9.17, 15) is 0 Å². The first kappa shape index (κ1) is 10.3. The summed E-state index contributed by atoms with van der Waals surface area (Å²) in [5.74, 6) is 0. The van der Waals surface area contributed by atoms with Gasteiger partial charge in [-0.3, -0.25) is 4.98 Å². The highest BCUT2D eigenvalue weighted by Crippen LogP contribution is 2.29. The molecule has 19 heavy (non-hydrogen) atoms. The maximum atomic E-state index is 5.43. The predicted molar refractivity (Wildman–Crippen MR) is 77.0 cm³/mol. The van der Waals surface area contributed by atoms with Gasteiger partial charge in [0.05, 0.1) is 12.0 Å². The minimum Gasteiger partial charge on any atom is -0.464 e. The summed E-state index contributed by atoms with van der Waals surface area (Å²) < 4.78 is 5.43. The Hall–Kier alpha value is -2.61. The Morgan fingerprint density at radius 3 is 2.68 bits per heavy atom. The molecule has 0 spiro atoms. The van der Waals surface area contributed by atoms with E-state index in [1.807, 2.05) is 12.1 Å². The van der Waals surface area contributed by atoms with Crippen molar-refractivity contribution < 1.29 is 4.42 Å². The molecule has 4 aromatic rings. The zero-order valence-corrected chi connectivity index (χ0v) is 10.2. The standard InChI is InChI=1S/C17H11NO/c1-2-4-13-11-14(6-5-12(13)3-1)17-15-8-10-19-16(15)7-9-18-17/h1-11H. The molecule has 0 atom stereocenters. The van der Waals surface area contributed by atoms with E-state index in [2.05, 4.69) is 47.4 Å². The molecule has 2 heteroatoms. The number of fused-ring (bicyclic) bond motifs is 2.